The molecule has 142 valence electrons. The monoisotopic (exact) mass is 350 g/mol. The normalized spacial score (nSPS) is 20.1. The van der Waals surface area contributed by atoms with Crippen molar-refractivity contribution >= 4 is 0 Å². The van der Waals surface area contributed by atoms with Crippen LogP contribution in [-0.4, -0.2) is 33.6 Å². The first kappa shape index (κ1) is 22.4. The molecule has 5 unspecified atom stereocenters. The minimum absolute atomic E-state index is 0.221. The molecule has 0 bridgehead atoms. The van der Waals surface area contributed by atoms with Crippen LogP contribution in [0.25, 0.3) is 0 Å². The molecular formula is C15H30N2O7. The lowest BCUT2D eigenvalue weighted by Gasteiger charge is -2.47. The molecule has 0 aliphatic rings. The van der Waals surface area contributed by atoms with Crippen LogP contribution in [0.1, 0.15) is 67.2 Å². The van der Waals surface area contributed by atoms with Crippen LogP contribution in [0, 0.1) is 31.1 Å². The molecular weight excluding hydrogens is 320 g/mol. The van der Waals surface area contributed by atoms with E-state index in [4.69, 9.17) is 4.84 Å². The zero-order valence-electron chi connectivity index (χ0n) is 15.4. The fourth-order valence-electron chi connectivity index (χ4n) is 3.57. The Morgan fingerprint density at radius 1 is 0.958 bits per heavy atom. The fraction of sp³-hybridized carbons (Fsp3) is 1.00. The van der Waals surface area contributed by atoms with E-state index in [1.807, 2.05) is 20.8 Å². The van der Waals surface area contributed by atoms with Gasteiger partial charge in [-0.15, -0.1) is 20.2 Å². The first-order chi connectivity index (χ1) is 10.9. The largest absolute Gasteiger partial charge is 0.393 e. The molecule has 0 saturated carbocycles. The second kappa shape index (κ2) is 9.00. The van der Waals surface area contributed by atoms with Crippen LogP contribution in [0.15, 0.2) is 0 Å². The summed E-state index contributed by atoms with van der Waals surface area (Å²) in [6.45, 7) is 10.5. The molecule has 0 aromatic rings. The standard InChI is InChI=1S/C15H30N2O7/c1-7-14(5,9-11(3)18)13(24-17(21)22)15(6,8-2)10-12(4)23-16(19)20/h11-13,18H,7-10H2,1-6H3. The summed E-state index contributed by atoms with van der Waals surface area (Å²) in [5.74, 6) is 0. The van der Waals surface area contributed by atoms with Gasteiger partial charge in [0, 0.05) is 0 Å². The van der Waals surface area contributed by atoms with Gasteiger partial charge in [0.1, 0.15) is 12.2 Å². The molecule has 0 aliphatic carbocycles. The lowest BCUT2D eigenvalue weighted by Crippen LogP contribution is -2.49. The summed E-state index contributed by atoms with van der Waals surface area (Å²) in [7, 11) is 0. The second-order valence-corrected chi connectivity index (χ2v) is 7.12. The summed E-state index contributed by atoms with van der Waals surface area (Å²) in [5.41, 5.74) is -1.40. The van der Waals surface area contributed by atoms with Gasteiger partial charge >= 0.3 is 0 Å². The molecule has 5 atom stereocenters. The van der Waals surface area contributed by atoms with Crippen molar-refractivity contribution in [3.63, 3.8) is 0 Å². The van der Waals surface area contributed by atoms with Gasteiger partial charge in [0.15, 0.2) is 0 Å². The minimum Gasteiger partial charge on any atom is -0.393 e. The van der Waals surface area contributed by atoms with Crippen molar-refractivity contribution in [1.82, 2.24) is 0 Å². The highest BCUT2D eigenvalue weighted by Gasteiger charge is 2.48. The molecule has 0 aromatic carbocycles. The molecule has 1 N–H and O–H groups in total. The fourth-order valence-corrected chi connectivity index (χ4v) is 3.57. The molecule has 0 aliphatic heterocycles. The topological polar surface area (TPSA) is 125 Å². The maximum atomic E-state index is 11.1. The third kappa shape index (κ3) is 6.46. The van der Waals surface area contributed by atoms with Crippen LogP contribution in [0.3, 0.4) is 0 Å². The predicted molar refractivity (Wildman–Crippen MR) is 87.1 cm³/mol. The highest BCUT2D eigenvalue weighted by molar-refractivity contribution is 4.95. The van der Waals surface area contributed by atoms with Gasteiger partial charge in [-0.2, -0.15) is 0 Å². The highest BCUT2D eigenvalue weighted by Crippen LogP contribution is 2.47. The highest BCUT2D eigenvalue weighted by atomic mass is 17.0. The van der Waals surface area contributed by atoms with Gasteiger partial charge in [-0.1, -0.05) is 27.7 Å². The predicted octanol–water partition coefficient (Wildman–Crippen LogP) is 3.15. The number of aliphatic hydroxyl groups is 1. The van der Waals surface area contributed by atoms with Gasteiger partial charge in [-0.3, -0.25) is 0 Å². The summed E-state index contributed by atoms with van der Waals surface area (Å²) < 4.78 is 0. The Kier molecular flexibility index (Phi) is 8.39. The van der Waals surface area contributed by atoms with E-state index in [2.05, 4.69) is 4.84 Å². The SMILES string of the molecule is CCC(C)(CC(C)O)C(O[N+](=O)[O-])C(C)(CC)CC(C)O[N+](=O)[O-]. The molecule has 9 nitrogen and oxygen atoms in total. The summed E-state index contributed by atoms with van der Waals surface area (Å²) in [6, 6.07) is 0. The van der Waals surface area contributed by atoms with Gasteiger partial charge in [-0.25, -0.2) is 0 Å². The third-order valence-corrected chi connectivity index (χ3v) is 4.85. The lowest BCUT2D eigenvalue weighted by molar-refractivity contribution is -0.779. The van der Waals surface area contributed by atoms with Crippen molar-refractivity contribution in [3.05, 3.63) is 20.2 Å². The molecule has 0 heterocycles. The second-order valence-electron chi connectivity index (χ2n) is 7.12. The van der Waals surface area contributed by atoms with Crippen molar-refractivity contribution in [2.45, 2.75) is 85.5 Å². The van der Waals surface area contributed by atoms with E-state index >= 15 is 0 Å². The molecule has 0 aromatic heterocycles. The first-order valence-corrected chi connectivity index (χ1v) is 8.20. The Morgan fingerprint density at radius 3 is 1.71 bits per heavy atom. The average Bonchev–Trinajstić information content (AvgIpc) is 2.42. The van der Waals surface area contributed by atoms with Crippen molar-refractivity contribution in [2.24, 2.45) is 10.8 Å². The minimum atomic E-state index is -0.862. The number of rotatable bonds is 12. The van der Waals surface area contributed by atoms with E-state index in [0.29, 0.717) is 19.3 Å². The van der Waals surface area contributed by atoms with E-state index in [1.165, 1.54) is 0 Å². The molecule has 0 radical (unpaired) electrons. The molecule has 9 heteroatoms. The molecule has 0 fully saturated rings. The summed E-state index contributed by atoms with van der Waals surface area (Å²) in [4.78, 5) is 31.2. The zero-order chi connectivity index (χ0) is 19.1. The van der Waals surface area contributed by atoms with Crippen LogP contribution < -0.4 is 0 Å². The zero-order valence-corrected chi connectivity index (χ0v) is 15.4. The van der Waals surface area contributed by atoms with Crippen molar-refractivity contribution in [3.8, 4) is 0 Å². The summed E-state index contributed by atoms with van der Waals surface area (Å²) >= 11 is 0. The number of aliphatic hydroxyl groups excluding tert-OH is 1. The van der Waals surface area contributed by atoms with Crippen LogP contribution >= 0.6 is 0 Å². The smallest absolute Gasteiger partial charge is 0.294 e. The van der Waals surface area contributed by atoms with Crippen LogP contribution in [0.5, 0.6) is 0 Å². The van der Waals surface area contributed by atoms with E-state index in [0.717, 1.165) is 0 Å². The van der Waals surface area contributed by atoms with Gasteiger partial charge in [0.25, 0.3) is 10.2 Å². The van der Waals surface area contributed by atoms with Crippen molar-refractivity contribution in [2.75, 3.05) is 0 Å². The molecule has 0 rings (SSSR count). The maximum Gasteiger partial charge on any atom is 0.294 e. The van der Waals surface area contributed by atoms with E-state index in [-0.39, 0.29) is 6.42 Å². The molecule has 0 spiro atoms. The van der Waals surface area contributed by atoms with Crippen molar-refractivity contribution in [1.29, 1.82) is 0 Å². The number of nitrogens with zero attached hydrogens (tertiary/aromatic N) is 2. The quantitative estimate of drug-likeness (QED) is 0.423. The Hall–Kier alpha value is -1.64. The Labute approximate surface area is 142 Å². The first-order valence-electron chi connectivity index (χ1n) is 8.20. The number of hydrogen-bond donors (Lipinski definition) is 1. The Morgan fingerprint density at radius 2 is 1.38 bits per heavy atom. The van der Waals surface area contributed by atoms with Crippen molar-refractivity contribution < 1.29 is 25.0 Å². The van der Waals surface area contributed by atoms with Gasteiger partial charge in [0.05, 0.1) is 6.10 Å². The summed E-state index contributed by atoms with van der Waals surface area (Å²) in [6.07, 6.45) is -0.609. The van der Waals surface area contributed by atoms with Gasteiger partial charge in [0.2, 0.25) is 0 Å². The Balaban J connectivity index is 5.70. The summed E-state index contributed by atoms with van der Waals surface area (Å²) in [5, 5.41) is 29.7. The van der Waals surface area contributed by atoms with E-state index < -0.39 is 39.3 Å². The number of hydrogen-bond acceptors (Lipinski definition) is 7. The van der Waals surface area contributed by atoms with E-state index in [9.17, 15) is 25.3 Å². The van der Waals surface area contributed by atoms with Crippen LogP contribution in [0.4, 0.5) is 0 Å². The van der Waals surface area contributed by atoms with Crippen LogP contribution in [-0.2, 0) is 9.68 Å². The molecule has 0 amide bonds. The molecule has 24 heavy (non-hydrogen) atoms. The van der Waals surface area contributed by atoms with Gasteiger partial charge in [-0.05, 0) is 50.4 Å². The maximum absolute atomic E-state index is 11.1. The third-order valence-electron chi connectivity index (χ3n) is 4.85. The lowest BCUT2D eigenvalue weighted by atomic mass is 9.63. The Bertz CT molecular complexity index is 432. The van der Waals surface area contributed by atoms with Crippen LogP contribution in [0.2, 0.25) is 0 Å². The van der Waals surface area contributed by atoms with E-state index in [1.54, 1.807) is 20.8 Å². The molecule has 0 saturated heterocycles. The average molecular weight is 350 g/mol. The van der Waals surface area contributed by atoms with Gasteiger partial charge < -0.3 is 14.8 Å².